The van der Waals surface area contributed by atoms with Crippen molar-refractivity contribution in [3.8, 4) is 0 Å². The molecule has 0 heterocycles. The van der Waals surface area contributed by atoms with Crippen LogP contribution in [0.5, 0.6) is 0 Å². The van der Waals surface area contributed by atoms with E-state index in [0.717, 1.165) is 5.56 Å². The summed E-state index contributed by atoms with van der Waals surface area (Å²) in [5, 5.41) is 0. The van der Waals surface area contributed by atoms with Crippen molar-refractivity contribution in [2.75, 3.05) is 5.75 Å². The van der Waals surface area contributed by atoms with Crippen molar-refractivity contribution >= 4 is 19.7 Å². The molecule has 2 nitrogen and oxygen atoms in total. The lowest BCUT2D eigenvalue weighted by atomic mass is 10.1. The molecule has 0 aromatic heterocycles. The van der Waals surface area contributed by atoms with Crippen LogP contribution in [0.2, 0.25) is 0 Å². The average Bonchev–Trinajstić information content (AvgIpc) is 2.06. The summed E-state index contributed by atoms with van der Waals surface area (Å²) in [4.78, 5) is 0. The van der Waals surface area contributed by atoms with Gasteiger partial charge in [-0.1, -0.05) is 12.1 Å². The number of benzene rings is 1. The molecule has 5 heteroatoms. The van der Waals surface area contributed by atoms with Crippen molar-refractivity contribution in [1.29, 1.82) is 0 Å². The minimum Gasteiger partial charge on any atom is -0.212 e. The van der Waals surface area contributed by atoms with Gasteiger partial charge in [0.25, 0.3) is 0 Å². The second kappa shape index (κ2) is 4.28. The quantitative estimate of drug-likeness (QED) is 0.755. The zero-order valence-corrected chi connectivity index (χ0v) is 9.20. The molecule has 0 saturated carbocycles. The molecule has 0 unspecified atom stereocenters. The Kier molecular flexibility index (Phi) is 3.50. The highest BCUT2D eigenvalue weighted by Crippen LogP contribution is 2.11. The Bertz CT molecular complexity index is 428. The standard InChI is InChI=1S/C9H10ClFO2S/c1-7-6-8(2-3-9(7)11)4-5-14(10,12)13/h2-3,6H,4-5H2,1H3. The largest absolute Gasteiger partial charge is 0.232 e. The lowest BCUT2D eigenvalue weighted by Gasteiger charge is -2.01. The summed E-state index contributed by atoms with van der Waals surface area (Å²) < 4.78 is 34.1. The zero-order valence-electron chi connectivity index (χ0n) is 7.63. The lowest BCUT2D eigenvalue weighted by Crippen LogP contribution is -2.01. The topological polar surface area (TPSA) is 34.1 Å². The lowest BCUT2D eigenvalue weighted by molar-refractivity contribution is 0.608. The van der Waals surface area contributed by atoms with Crippen LogP contribution in [0.15, 0.2) is 18.2 Å². The van der Waals surface area contributed by atoms with E-state index in [2.05, 4.69) is 0 Å². The highest BCUT2D eigenvalue weighted by atomic mass is 35.7. The van der Waals surface area contributed by atoms with Crippen molar-refractivity contribution in [2.45, 2.75) is 13.3 Å². The Hall–Kier alpha value is -0.610. The molecular weight excluding hydrogens is 227 g/mol. The van der Waals surface area contributed by atoms with Crippen molar-refractivity contribution in [3.63, 3.8) is 0 Å². The van der Waals surface area contributed by atoms with Crippen LogP contribution in [-0.4, -0.2) is 14.2 Å². The van der Waals surface area contributed by atoms with Gasteiger partial charge < -0.3 is 0 Å². The number of hydrogen-bond donors (Lipinski definition) is 0. The Morgan fingerprint density at radius 3 is 2.57 bits per heavy atom. The normalized spacial score (nSPS) is 11.6. The van der Waals surface area contributed by atoms with Gasteiger partial charge in [-0.05, 0) is 30.5 Å². The van der Waals surface area contributed by atoms with Gasteiger partial charge in [0.15, 0.2) is 0 Å². The molecular formula is C9H10ClFO2S. The second-order valence-corrected chi connectivity index (χ2v) is 5.97. The average molecular weight is 237 g/mol. The molecule has 0 N–H and O–H groups in total. The van der Waals surface area contributed by atoms with Crippen LogP contribution < -0.4 is 0 Å². The van der Waals surface area contributed by atoms with E-state index >= 15 is 0 Å². The van der Waals surface area contributed by atoms with Gasteiger partial charge in [0, 0.05) is 10.7 Å². The predicted octanol–water partition coefficient (Wildman–Crippen LogP) is 2.25. The molecule has 0 aliphatic rings. The minimum atomic E-state index is -3.47. The zero-order chi connectivity index (χ0) is 10.8. The van der Waals surface area contributed by atoms with Crippen molar-refractivity contribution < 1.29 is 12.8 Å². The predicted molar refractivity (Wildman–Crippen MR) is 54.5 cm³/mol. The van der Waals surface area contributed by atoms with Crippen LogP contribution in [0.25, 0.3) is 0 Å². The van der Waals surface area contributed by atoms with E-state index in [1.807, 2.05) is 0 Å². The molecule has 1 aromatic rings. The van der Waals surface area contributed by atoms with Crippen LogP contribution in [0.1, 0.15) is 11.1 Å². The van der Waals surface area contributed by atoms with Gasteiger partial charge in [-0.25, -0.2) is 12.8 Å². The molecule has 1 rings (SSSR count). The third kappa shape index (κ3) is 3.64. The Morgan fingerprint density at radius 1 is 1.43 bits per heavy atom. The third-order valence-corrected chi connectivity index (χ3v) is 3.01. The first-order valence-corrected chi connectivity index (χ1v) is 6.54. The Balaban J connectivity index is 2.74. The van der Waals surface area contributed by atoms with Gasteiger partial charge in [-0.3, -0.25) is 0 Å². The van der Waals surface area contributed by atoms with E-state index in [1.165, 1.54) is 6.07 Å². The minimum absolute atomic E-state index is 0.125. The first kappa shape index (κ1) is 11.5. The van der Waals surface area contributed by atoms with Gasteiger partial charge >= 0.3 is 0 Å². The smallest absolute Gasteiger partial charge is 0.212 e. The fourth-order valence-electron chi connectivity index (χ4n) is 1.10. The maximum atomic E-state index is 12.8. The molecule has 0 saturated heterocycles. The molecule has 0 aliphatic carbocycles. The molecule has 0 amide bonds. The summed E-state index contributed by atoms with van der Waals surface area (Å²) in [6.45, 7) is 1.63. The number of aryl methyl sites for hydroxylation is 2. The molecule has 0 radical (unpaired) electrons. The van der Waals surface area contributed by atoms with Crippen LogP contribution in [0.4, 0.5) is 4.39 Å². The second-order valence-electron chi connectivity index (χ2n) is 3.08. The molecule has 0 fully saturated rings. The van der Waals surface area contributed by atoms with Crippen LogP contribution in [-0.2, 0) is 15.5 Å². The van der Waals surface area contributed by atoms with Gasteiger partial charge in [0.2, 0.25) is 9.05 Å². The summed E-state index contributed by atoms with van der Waals surface area (Å²) >= 11 is 0. The highest BCUT2D eigenvalue weighted by molar-refractivity contribution is 8.13. The maximum absolute atomic E-state index is 12.8. The molecule has 0 atom stereocenters. The fourth-order valence-corrected chi connectivity index (χ4v) is 1.81. The van der Waals surface area contributed by atoms with E-state index in [9.17, 15) is 12.8 Å². The molecule has 0 spiro atoms. The summed E-state index contributed by atoms with van der Waals surface area (Å²) in [6.07, 6.45) is 0.312. The van der Waals surface area contributed by atoms with Crippen molar-refractivity contribution in [2.24, 2.45) is 0 Å². The Labute approximate surface area is 87.1 Å². The summed E-state index contributed by atoms with van der Waals surface area (Å²) in [6, 6.07) is 4.51. The van der Waals surface area contributed by atoms with Gasteiger partial charge in [-0.15, -0.1) is 0 Å². The Morgan fingerprint density at radius 2 is 2.07 bits per heavy atom. The summed E-state index contributed by atoms with van der Waals surface area (Å²) in [7, 11) is 1.59. The molecule has 14 heavy (non-hydrogen) atoms. The molecule has 1 aromatic carbocycles. The first-order valence-electron chi connectivity index (χ1n) is 4.06. The summed E-state index contributed by atoms with van der Waals surface area (Å²) in [5.41, 5.74) is 1.28. The number of hydrogen-bond acceptors (Lipinski definition) is 2. The van der Waals surface area contributed by atoms with E-state index in [0.29, 0.717) is 12.0 Å². The van der Waals surface area contributed by atoms with E-state index in [1.54, 1.807) is 19.1 Å². The van der Waals surface area contributed by atoms with E-state index in [4.69, 9.17) is 10.7 Å². The van der Waals surface area contributed by atoms with Gasteiger partial charge in [0.1, 0.15) is 5.82 Å². The molecule has 0 bridgehead atoms. The molecule has 78 valence electrons. The van der Waals surface area contributed by atoms with Crippen LogP contribution in [0.3, 0.4) is 0 Å². The van der Waals surface area contributed by atoms with Gasteiger partial charge in [-0.2, -0.15) is 0 Å². The van der Waals surface area contributed by atoms with Crippen molar-refractivity contribution in [1.82, 2.24) is 0 Å². The van der Waals surface area contributed by atoms with Crippen LogP contribution in [0, 0.1) is 12.7 Å². The molecule has 0 aliphatic heterocycles. The fraction of sp³-hybridized carbons (Fsp3) is 0.333. The van der Waals surface area contributed by atoms with Crippen molar-refractivity contribution in [3.05, 3.63) is 35.1 Å². The third-order valence-electron chi connectivity index (χ3n) is 1.86. The summed E-state index contributed by atoms with van der Waals surface area (Å²) in [5.74, 6) is -0.415. The number of halogens is 2. The monoisotopic (exact) mass is 236 g/mol. The maximum Gasteiger partial charge on any atom is 0.232 e. The highest BCUT2D eigenvalue weighted by Gasteiger charge is 2.06. The van der Waals surface area contributed by atoms with E-state index in [-0.39, 0.29) is 11.6 Å². The van der Waals surface area contributed by atoms with Gasteiger partial charge in [0.05, 0.1) is 5.75 Å². The first-order chi connectivity index (χ1) is 6.38. The number of rotatable bonds is 3. The van der Waals surface area contributed by atoms with Crippen LogP contribution >= 0.6 is 10.7 Å². The SMILES string of the molecule is Cc1cc(CCS(=O)(=O)Cl)ccc1F. The van der Waals surface area contributed by atoms with E-state index < -0.39 is 9.05 Å².